The van der Waals surface area contributed by atoms with Crippen molar-refractivity contribution in [3.05, 3.63) is 88.2 Å². The van der Waals surface area contributed by atoms with Gasteiger partial charge >= 0.3 is 0 Å². The van der Waals surface area contributed by atoms with Crippen molar-refractivity contribution in [2.45, 2.75) is 26.9 Å². The van der Waals surface area contributed by atoms with Crippen LogP contribution in [0.25, 0.3) is 10.2 Å². The van der Waals surface area contributed by atoms with Gasteiger partial charge in [0.15, 0.2) is 0 Å². The Morgan fingerprint density at radius 3 is 2.74 bits per heavy atom. The van der Waals surface area contributed by atoms with E-state index in [2.05, 4.69) is 59.0 Å². The van der Waals surface area contributed by atoms with Crippen LogP contribution in [0, 0.1) is 13.8 Å². The molecule has 1 aromatic carbocycles. The number of fused-ring (bicyclic) bond motifs is 1. The molecule has 0 aliphatic heterocycles. The first-order chi connectivity index (χ1) is 13.1. The number of amides is 1. The van der Waals surface area contributed by atoms with Gasteiger partial charge in [-0.15, -0.1) is 11.3 Å². The number of nitrogens with one attached hydrogen (secondary N) is 1. The Kier molecular flexibility index (Phi) is 4.77. The number of hydrogen-bond acceptors (Lipinski definition) is 3. The van der Waals surface area contributed by atoms with Crippen LogP contribution in [0.1, 0.15) is 32.1 Å². The SMILES string of the molecule is Cc1cccc(Cn2c(C(=O)NCc3cccnc3)cc3sc(C)cc32)c1. The van der Waals surface area contributed by atoms with Crippen LogP contribution in [-0.4, -0.2) is 15.5 Å². The normalized spacial score (nSPS) is 11.0. The molecule has 0 radical (unpaired) electrons. The van der Waals surface area contributed by atoms with Gasteiger partial charge in [0.05, 0.1) is 10.2 Å². The second-order valence-corrected chi connectivity index (χ2v) is 8.04. The summed E-state index contributed by atoms with van der Waals surface area (Å²) in [5, 5.41) is 3.02. The molecular formula is C22H21N3OS. The van der Waals surface area contributed by atoms with Crippen molar-refractivity contribution < 1.29 is 4.79 Å². The molecule has 4 nitrogen and oxygen atoms in total. The quantitative estimate of drug-likeness (QED) is 0.550. The van der Waals surface area contributed by atoms with Gasteiger partial charge in [-0.2, -0.15) is 0 Å². The van der Waals surface area contributed by atoms with Crippen molar-refractivity contribution >= 4 is 27.5 Å². The van der Waals surface area contributed by atoms with Crippen molar-refractivity contribution in [3.63, 3.8) is 0 Å². The lowest BCUT2D eigenvalue weighted by atomic mass is 10.1. The molecule has 0 fully saturated rings. The molecule has 4 aromatic rings. The molecule has 0 saturated carbocycles. The van der Waals surface area contributed by atoms with E-state index in [-0.39, 0.29) is 5.91 Å². The van der Waals surface area contributed by atoms with Gasteiger partial charge in [-0.25, -0.2) is 0 Å². The molecule has 4 rings (SSSR count). The molecule has 1 amide bonds. The minimum Gasteiger partial charge on any atom is -0.347 e. The van der Waals surface area contributed by atoms with E-state index < -0.39 is 0 Å². The van der Waals surface area contributed by atoms with Gasteiger partial charge in [0.1, 0.15) is 5.69 Å². The van der Waals surface area contributed by atoms with E-state index >= 15 is 0 Å². The highest BCUT2D eigenvalue weighted by molar-refractivity contribution is 7.19. The Labute approximate surface area is 162 Å². The van der Waals surface area contributed by atoms with Crippen molar-refractivity contribution in [3.8, 4) is 0 Å². The summed E-state index contributed by atoms with van der Waals surface area (Å²) in [7, 11) is 0. The molecule has 0 unspecified atom stereocenters. The number of aromatic nitrogens is 2. The van der Waals surface area contributed by atoms with Gasteiger partial charge in [0, 0.05) is 30.4 Å². The predicted molar refractivity (Wildman–Crippen MR) is 110 cm³/mol. The lowest BCUT2D eigenvalue weighted by Gasteiger charge is -2.11. The monoisotopic (exact) mass is 375 g/mol. The van der Waals surface area contributed by atoms with Crippen LogP contribution in [0.15, 0.2) is 60.9 Å². The lowest BCUT2D eigenvalue weighted by molar-refractivity contribution is 0.0942. The van der Waals surface area contributed by atoms with E-state index in [1.165, 1.54) is 16.0 Å². The van der Waals surface area contributed by atoms with E-state index in [1.54, 1.807) is 23.7 Å². The van der Waals surface area contributed by atoms with Crippen LogP contribution in [0.2, 0.25) is 0 Å². The van der Waals surface area contributed by atoms with Gasteiger partial charge < -0.3 is 9.88 Å². The Balaban J connectivity index is 1.65. The summed E-state index contributed by atoms with van der Waals surface area (Å²) in [6.45, 7) is 5.33. The Morgan fingerprint density at radius 1 is 1.11 bits per heavy atom. The van der Waals surface area contributed by atoms with Crippen LogP contribution in [0.3, 0.4) is 0 Å². The molecule has 0 aliphatic carbocycles. The second kappa shape index (κ2) is 7.37. The zero-order valence-electron chi connectivity index (χ0n) is 15.4. The number of thiophene rings is 1. The molecule has 5 heteroatoms. The highest BCUT2D eigenvalue weighted by Crippen LogP contribution is 2.29. The van der Waals surface area contributed by atoms with E-state index in [0.717, 1.165) is 15.8 Å². The molecule has 0 atom stereocenters. The van der Waals surface area contributed by atoms with Gasteiger partial charge in [0.25, 0.3) is 5.91 Å². The minimum atomic E-state index is -0.0624. The standard InChI is InChI=1S/C22H21N3OS/c1-15-5-3-6-17(9-15)14-25-19-10-16(2)27-21(19)11-20(25)22(26)24-13-18-7-4-8-23-12-18/h3-12H,13-14H2,1-2H3,(H,24,26). The maximum Gasteiger partial charge on any atom is 0.268 e. The number of carbonyl (C=O) groups excluding carboxylic acids is 1. The first-order valence-electron chi connectivity index (χ1n) is 8.92. The summed E-state index contributed by atoms with van der Waals surface area (Å²) in [5.74, 6) is -0.0624. The Bertz CT molecular complexity index is 1100. The number of carbonyl (C=O) groups is 1. The third-order valence-corrected chi connectivity index (χ3v) is 5.53. The van der Waals surface area contributed by atoms with Gasteiger partial charge in [-0.05, 0) is 43.2 Å². The summed E-state index contributed by atoms with van der Waals surface area (Å²) >= 11 is 1.72. The van der Waals surface area contributed by atoms with Gasteiger partial charge in [0.2, 0.25) is 0 Å². The molecule has 1 N–H and O–H groups in total. The Morgan fingerprint density at radius 2 is 1.96 bits per heavy atom. The number of nitrogens with zero attached hydrogens (tertiary/aromatic N) is 2. The van der Waals surface area contributed by atoms with Crippen LogP contribution in [0.5, 0.6) is 0 Å². The summed E-state index contributed by atoms with van der Waals surface area (Å²) in [6.07, 6.45) is 3.50. The van der Waals surface area contributed by atoms with Gasteiger partial charge in [-0.1, -0.05) is 35.9 Å². The first-order valence-corrected chi connectivity index (χ1v) is 9.74. The van der Waals surface area contributed by atoms with Gasteiger partial charge in [-0.3, -0.25) is 9.78 Å². The maximum atomic E-state index is 12.9. The highest BCUT2D eigenvalue weighted by Gasteiger charge is 2.17. The van der Waals surface area contributed by atoms with Crippen molar-refractivity contribution in [2.75, 3.05) is 0 Å². The van der Waals surface area contributed by atoms with Crippen LogP contribution in [0.4, 0.5) is 0 Å². The predicted octanol–water partition coefficient (Wildman–Crippen LogP) is 4.69. The molecule has 3 heterocycles. The van der Waals surface area contributed by atoms with E-state index in [4.69, 9.17) is 0 Å². The van der Waals surface area contributed by atoms with E-state index in [1.807, 2.05) is 18.2 Å². The molecular weight excluding hydrogens is 354 g/mol. The fourth-order valence-corrected chi connectivity index (χ4v) is 4.25. The average molecular weight is 375 g/mol. The second-order valence-electron chi connectivity index (χ2n) is 6.76. The summed E-state index contributed by atoms with van der Waals surface area (Å²) in [6, 6.07) is 16.4. The van der Waals surface area contributed by atoms with Crippen LogP contribution < -0.4 is 5.32 Å². The topological polar surface area (TPSA) is 46.9 Å². The summed E-state index contributed by atoms with van der Waals surface area (Å²) in [5.41, 5.74) is 5.21. The largest absolute Gasteiger partial charge is 0.347 e. The average Bonchev–Trinajstić information content (AvgIpc) is 3.18. The van der Waals surface area contributed by atoms with Crippen molar-refractivity contribution in [1.82, 2.24) is 14.9 Å². The molecule has 0 saturated heterocycles. The van der Waals surface area contributed by atoms with E-state index in [0.29, 0.717) is 18.8 Å². The zero-order valence-corrected chi connectivity index (χ0v) is 16.2. The third kappa shape index (κ3) is 3.78. The molecule has 0 bridgehead atoms. The third-order valence-electron chi connectivity index (χ3n) is 4.54. The minimum absolute atomic E-state index is 0.0624. The maximum absolute atomic E-state index is 12.9. The number of aryl methyl sites for hydroxylation is 2. The smallest absolute Gasteiger partial charge is 0.268 e. The number of rotatable bonds is 5. The zero-order chi connectivity index (χ0) is 18.8. The number of benzene rings is 1. The Hall–Kier alpha value is -2.92. The number of pyridine rings is 1. The lowest BCUT2D eigenvalue weighted by Crippen LogP contribution is -2.25. The molecule has 0 spiro atoms. The summed E-state index contributed by atoms with van der Waals surface area (Å²) < 4.78 is 3.26. The molecule has 3 aromatic heterocycles. The number of hydrogen-bond donors (Lipinski definition) is 1. The molecule has 0 aliphatic rings. The fraction of sp³-hybridized carbons (Fsp3) is 0.182. The molecule has 136 valence electrons. The first kappa shape index (κ1) is 17.5. The van der Waals surface area contributed by atoms with Crippen LogP contribution >= 0.6 is 11.3 Å². The molecule has 27 heavy (non-hydrogen) atoms. The van der Waals surface area contributed by atoms with E-state index in [9.17, 15) is 4.79 Å². The van der Waals surface area contributed by atoms with Crippen molar-refractivity contribution in [2.24, 2.45) is 0 Å². The highest BCUT2D eigenvalue weighted by atomic mass is 32.1. The van der Waals surface area contributed by atoms with Crippen molar-refractivity contribution in [1.29, 1.82) is 0 Å². The summed E-state index contributed by atoms with van der Waals surface area (Å²) in [4.78, 5) is 18.2. The fourth-order valence-electron chi connectivity index (χ4n) is 3.29. The van der Waals surface area contributed by atoms with Crippen LogP contribution in [-0.2, 0) is 13.1 Å².